The number of hydrogen-bond acceptors (Lipinski definition) is 2. The second kappa shape index (κ2) is 5.14. The van der Waals surface area contributed by atoms with Crippen molar-refractivity contribution in [3.63, 3.8) is 0 Å². The molecule has 0 aromatic rings. The SMILES string of the molecule is O=C(CS)NC1=CC=CC=C(Cl)C1. The third kappa shape index (κ3) is 3.70. The fraction of sp³-hybridized carbons (Fsp3) is 0.222. The number of carbonyl (C=O) groups is 1. The monoisotopic (exact) mass is 215 g/mol. The summed E-state index contributed by atoms with van der Waals surface area (Å²) in [6, 6.07) is 0. The molecule has 0 spiro atoms. The molecule has 1 aliphatic rings. The van der Waals surface area contributed by atoms with E-state index >= 15 is 0 Å². The molecule has 13 heavy (non-hydrogen) atoms. The lowest BCUT2D eigenvalue weighted by molar-refractivity contribution is -0.117. The van der Waals surface area contributed by atoms with Crippen LogP contribution < -0.4 is 5.32 Å². The summed E-state index contributed by atoms with van der Waals surface area (Å²) in [4.78, 5) is 11.0. The van der Waals surface area contributed by atoms with Crippen LogP contribution in [0.1, 0.15) is 6.42 Å². The van der Waals surface area contributed by atoms with E-state index in [9.17, 15) is 4.79 Å². The van der Waals surface area contributed by atoms with Gasteiger partial charge in [-0.15, -0.1) is 0 Å². The Labute approximate surface area is 87.8 Å². The maximum absolute atomic E-state index is 11.0. The molecule has 0 saturated carbocycles. The van der Waals surface area contributed by atoms with E-state index in [1.807, 2.05) is 18.2 Å². The average molecular weight is 216 g/mol. The number of allylic oxidation sites excluding steroid dienone is 5. The fourth-order valence-corrected chi connectivity index (χ4v) is 1.23. The van der Waals surface area contributed by atoms with E-state index in [0.717, 1.165) is 5.70 Å². The Hall–Kier alpha value is -0.670. The van der Waals surface area contributed by atoms with Crippen molar-refractivity contribution in [2.45, 2.75) is 6.42 Å². The van der Waals surface area contributed by atoms with Gasteiger partial charge in [-0.2, -0.15) is 12.6 Å². The Kier molecular flexibility index (Phi) is 4.12. The lowest BCUT2D eigenvalue weighted by Gasteiger charge is -2.06. The highest BCUT2D eigenvalue weighted by Crippen LogP contribution is 2.15. The zero-order chi connectivity index (χ0) is 9.68. The van der Waals surface area contributed by atoms with Gasteiger partial charge >= 0.3 is 0 Å². The maximum Gasteiger partial charge on any atom is 0.233 e. The first-order chi connectivity index (χ1) is 6.22. The van der Waals surface area contributed by atoms with Gasteiger partial charge in [-0.1, -0.05) is 23.8 Å². The molecule has 1 N–H and O–H groups in total. The predicted octanol–water partition coefficient (Wildman–Crippen LogP) is 2.00. The van der Waals surface area contributed by atoms with Gasteiger partial charge in [-0.25, -0.2) is 0 Å². The number of carbonyl (C=O) groups excluding carboxylic acids is 1. The summed E-state index contributed by atoms with van der Waals surface area (Å²) < 4.78 is 0. The Morgan fingerprint density at radius 3 is 2.92 bits per heavy atom. The number of rotatable bonds is 2. The van der Waals surface area contributed by atoms with Crippen LogP contribution in [0.4, 0.5) is 0 Å². The highest BCUT2D eigenvalue weighted by Gasteiger charge is 2.04. The van der Waals surface area contributed by atoms with E-state index < -0.39 is 0 Å². The summed E-state index contributed by atoms with van der Waals surface area (Å²) in [5.74, 6) is 0.0666. The van der Waals surface area contributed by atoms with Crippen LogP contribution in [0.2, 0.25) is 0 Å². The van der Waals surface area contributed by atoms with Crippen LogP contribution in [-0.4, -0.2) is 11.7 Å². The quantitative estimate of drug-likeness (QED) is 0.678. The average Bonchev–Trinajstić information content (AvgIpc) is 2.30. The number of amides is 1. The van der Waals surface area contributed by atoms with Crippen molar-refractivity contribution in [2.24, 2.45) is 0 Å². The molecule has 0 radical (unpaired) electrons. The lowest BCUT2D eigenvalue weighted by atomic mass is 10.3. The van der Waals surface area contributed by atoms with Crippen molar-refractivity contribution in [1.29, 1.82) is 0 Å². The predicted molar refractivity (Wildman–Crippen MR) is 57.8 cm³/mol. The molecule has 2 nitrogen and oxygen atoms in total. The first-order valence-corrected chi connectivity index (χ1v) is 4.86. The summed E-state index contributed by atoms with van der Waals surface area (Å²) in [6.07, 6.45) is 7.87. The number of thiol groups is 1. The summed E-state index contributed by atoms with van der Waals surface area (Å²) in [6.45, 7) is 0. The van der Waals surface area contributed by atoms with Crippen LogP contribution in [-0.2, 0) is 4.79 Å². The molecule has 0 atom stereocenters. The smallest absolute Gasteiger partial charge is 0.233 e. The fourth-order valence-electron chi connectivity index (χ4n) is 0.936. The van der Waals surface area contributed by atoms with Crippen molar-refractivity contribution in [3.05, 3.63) is 35.0 Å². The van der Waals surface area contributed by atoms with Crippen molar-refractivity contribution in [3.8, 4) is 0 Å². The number of nitrogens with one attached hydrogen (secondary N) is 1. The van der Waals surface area contributed by atoms with E-state index in [4.69, 9.17) is 11.6 Å². The zero-order valence-electron chi connectivity index (χ0n) is 6.96. The minimum absolute atomic E-state index is 0.116. The molecule has 0 aromatic heterocycles. The highest BCUT2D eigenvalue weighted by atomic mass is 35.5. The van der Waals surface area contributed by atoms with Gasteiger partial charge in [0, 0.05) is 17.2 Å². The van der Waals surface area contributed by atoms with Crippen molar-refractivity contribution < 1.29 is 4.79 Å². The van der Waals surface area contributed by atoms with E-state index in [1.165, 1.54) is 0 Å². The minimum atomic E-state index is -0.116. The number of halogens is 1. The molecule has 0 saturated heterocycles. The van der Waals surface area contributed by atoms with Gasteiger partial charge in [0.25, 0.3) is 0 Å². The van der Waals surface area contributed by atoms with Crippen LogP contribution in [0, 0.1) is 0 Å². The van der Waals surface area contributed by atoms with Gasteiger partial charge < -0.3 is 5.32 Å². The molecule has 1 rings (SSSR count). The number of hydrogen-bond donors (Lipinski definition) is 2. The molecule has 0 unspecified atom stereocenters. The van der Waals surface area contributed by atoms with Gasteiger partial charge in [0.05, 0.1) is 5.75 Å². The second-order valence-electron chi connectivity index (χ2n) is 2.57. The zero-order valence-corrected chi connectivity index (χ0v) is 8.61. The van der Waals surface area contributed by atoms with E-state index in [0.29, 0.717) is 11.5 Å². The van der Waals surface area contributed by atoms with Gasteiger partial charge in [0.2, 0.25) is 5.91 Å². The molecule has 0 heterocycles. The van der Waals surface area contributed by atoms with Gasteiger partial charge in [0.1, 0.15) is 0 Å². The molecule has 0 aliphatic heterocycles. The molecule has 70 valence electrons. The van der Waals surface area contributed by atoms with Crippen molar-refractivity contribution in [2.75, 3.05) is 5.75 Å². The van der Waals surface area contributed by atoms with E-state index in [2.05, 4.69) is 17.9 Å². The van der Waals surface area contributed by atoms with Crippen LogP contribution in [0.5, 0.6) is 0 Å². The maximum atomic E-state index is 11.0. The Morgan fingerprint density at radius 2 is 2.23 bits per heavy atom. The Bertz CT molecular complexity index is 294. The van der Waals surface area contributed by atoms with Crippen molar-refractivity contribution >= 4 is 30.1 Å². The van der Waals surface area contributed by atoms with Crippen molar-refractivity contribution in [1.82, 2.24) is 5.32 Å². The summed E-state index contributed by atoms with van der Waals surface area (Å²) in [5.41, 5.74) is 0.800. The van der Waals surface area contributed by atoms with Crippen LogP contribution in [0.15, 0.2) is 35.0 Å². The third-order valence-electron chi connectivity index (χ3n) is 1.49. The second-order valence-corrected chi connectivity index (χ2v) is 3.38. The first kappa shape index (κ1) is 10.4. The topological polar surface area (TPSA) is 29.1 Å². The molecule has 0 bridgehead atoms. The standard InChI is InChI=1S/C9H10ClNOS/c10-7-3-1-2-4-8(5-7)11-9(12)6-13/h1-4,13H,5-6H2,(H,11,12). The Balaban J connectivity index is 2.61. The molecule has 1 amide bonds. The lowest BCUT2D eigenvalue weighted by Crippen LogP contribution is -2.23. The van der Waals surface area contributed by atoms with Crippen LogP contribution in [0.25, 0.3) is 0 Å². The largest absolute Gasteiger partial charge is 0.329 e. The van der Waals surface area contributed by atoms with Crippen LogP contribution in [0.3, 0.4) is 0 Å². The van der Waals surface area contributed by atoms with Crippen LogP contribution >= 0.6 is 24.2 Å². The normalized spacial score (nSPS) is 15.8. The molecule has 0 aromatic carbocycles. The molecule has 1 aliphatic carbocycles. The first-order valence-electron chi connectivity index (χ1n) is 3.85. The molecular weight excluding hydrogens is 206 g/mol. The third-order valence-corrected chi connectivity index (χ3v) is 2.04. The molecule has 4 heteroatoms. The van der Waals surface area contributed by atoms with Gasteiger partial charge in [-0.3, -0.25) is 4.79 Å². The summed E-state index contributed by atoms with van der Waals surface area (Å²) in [7, 11) is 0. The summed E-state index contributed by atoms with van der Waals surface area (Å²) >= 11 is 9.70. The Morgan fingerprint density at radius 1 is 1.54 bits per heavy atom. The highest BCUT2D eigenvalue weighted by molar-refractivity contribution is 7.81. The van der Waals surface area contributed by atoms with Gasteiger partial charge in [-0.05, 0) is 12.2 Å². The minimum Gasteiger partial charge on any atom is -0.329 e. The summed E-state index contributed by atoms with van der Waals surface area (Å²) in [5, 5.41) is 3.42. The molecule has 0 fully saturated rings. The van der Waals surface area contributed by atoms with E-state index in [-0.39, 0.29) is 11.7 Å². The van der Waals surface area contributed by atoms with E-state index in [1.54, 1.807) is 6.08 Å². The van der Waals surface area contributed by atoms with Gasteiger partial charge in [0.15, 0.2) is 0 Å². The molecular formula is C9H10ClNOS.